The lowest BCUT2D eigenvalue weighted by atomic mass is 10.3. The van der Waals surface area contributed by atoms with Crippen molar-refractivity contribution >= 4 is 11.8 Å². The van der Waals surface area contributed by atoms with Crippen LogP contribution in [0.1, 0.15) is 6.92 Å². The molecule has 1 heterocycles. The van der Waals surface area contributed by atoms with E-state index in [1.165, 1.54) is 4.90 Å². The maximum atomic E-state index is 11.5. The standard InChI is InChI=1S/C9H13N3O3/c1-7-6-12(4-5-15-7)9(14)8(13)11-3-2-10/h7H,3-6H2,1H3,(H,11,13). The first-order valence-electron chi connectivity index (χ1n) is 4.71. The zero-order chi connectivity index (χ0) is 11.3. The minimum absolute atomic E-state index is 0.0496. The molecule has 1 saturated heterocycles. The van der Waals surface area contributed by atoms with Crippen molar-refractivity contribution in [1.82, 2.24) is 10.2 Å². The fourth-order valence-corrected chi connectivity index (χ4v) is 1.34. The average molecular weight is 211 g/mol. The van der Waals surface area contributed by atoms with Crippen LogP contribution in [0.4, 0.5) is 0 Å². The molecule has 1 aliphatic heterocycles. The third-order valence-corrected chi connectivity index (χ3v) is 2.05. The van der Waals surface area contributed by atoms with Gasteiger partial charge in [0.15, 0.2) is 0 Å². The normalized spacial score (nSPS) is 20.5. The number of carbonyl (C=O) groups is 2. The molecule has 0 saturated carbocycles. The van der Waals surface area contributed by atoms with Gasteiger partial charge in [-0.15, -0.1) is 0 Å². The predicted molar refractivity (Wildman–Crippen MR) is 50.6 cm³/mol. The van der Waals surface area contributed by atoms with Crippen LogP contribution >= 0.6 is 0 Å². The van der Waals surface area contributed by atoms with Crippen molar-refractivity contribution in [2.24, 2.45) is 0 Å². The molecule has 0 aromatic rings. The van der Waals surface area contributed by atoms with Crippen LogP contribution in [0.3, 0.4) is 0 Å². The number of carbonyl (C=O) groups excluding carboxylic acids is 2. The molecular weight excluding hydrogens is 198 g/mol. The highest BCUT2D eigenvalue weighted by Crippen LogP contribution is 2.04. The van der Waals surface area contributed by atoms with Gasteiger partial charge in [-0.3, -0.25) is 9.59 Å². The Balaban J connectivity index is 2.45. The summed E-state index contributed by atoms with van der Waals surface area (Å²) in [5.41, 5.74) is 0. The summed E-state index contributed by atoms with van der Waals surface area (Å²) in [5.74, 6) is -1.33. The van der Waals surface area contributed by atoms with Crippen molar-refractivity contribution in [3.8, 4) is 6.07 Å². The van der Waals surface area contributed by atoms with Gasteiger partial charge in [-0.2, -0.15) is 5.26 Å². The number of nitrogens with one attached hydrogen (secondary N) is 1. The van der Waals surface area contributed by atoms with Crippen LogP contribution in [0, 0.1) is 11.3 Å². The van der Waals surface area contributed by atoms with E-state index in [9.17, 15) is 9.59 Å². The second kappa shape index (κ2) is 5.32. The third kappa shape index (κ3) is 3.22. The van der Waals surface area contributed by atoms with Crippen molar-refractivity contribution in [3.05, 3.63) is 0 Å². The highest BCUT2D eigenvalue weighted by molar-refractivity contribution is 6.35. The number of nitriles is 1. The van der Waals surface area contributed by atoms with E-state index < -0.39 is 11.8 Å². The lowest BCUT2D eigenvalue weighted by Gasteiger charge is -2.30. The van der Waals surface area contributed by atoms with Crippen LogP contribution in [0.5, 0.6) is 0 Å². The molecule has 0 aliphatic carbocycles. The summed E-state index contributed by atoms with van der Waals surface area (Å²) in [7, 11) is 0. The number of nitrogens with zero attached hydrogens (tertiary/aromatic N) is 2. The first-order valence-corrected chi connectivity index (χ1v) is 4.71. The fourth-order valence-electron chi connectivity index (χ4n) is 1.34. The van der Waals surface area contributed by atoms with E-state index in [0.717, 1.165) is 0 Å². The SMILES string of the molecule is CC1CN(C(=O)C(=O)NCC#N)CCO1. The van der Waals surface area contributed by atoms with Crippen LogP contribution in [0.2, 0.25) is 0 Å². The summed E-state index contributed by atoms with van der Waals surface area (Å²) in [6, 6.07) is 1.74. The minimum atomic E-state index is -0.731. The van der Waals surface area contributed by atoms with Gasteiger partial charge < -0.3 is 15.0 Å². The Hall–Kier alpha value is -1.61. The Morgan fingerprint density at radius 2 is 2.40 bits per heavy atom. The van der Waals surface area contributed by atoms with Gasteiger partial charge in [0.1, 0.15) is 6.54 Å². The van der Waals surface area contributed by atoms with E-state index in [4.69, 9.17) is 10.00 Å². The van der Waals surface area contributed by atoms with Gasteiger partial charge in [0.05, 0.1) is 18.8 Å². The maximum absolute atomic E-state index is 11.5. The van der Waals surface area contributed by atoms with Crippen LogP contribution in [-0.4, -0.2) is 49.1 Å². The maximum Gasteiger partial charge on any atom is 0.312 e. The van der Waals surface area contributed by atoms with Crippen LogP contribution in [0.15, 0.2) is 0 Å². The van der Waals surface area contributed by atoms with E-state index in [2.05, 4.69) is 5.32 Å². The fraction of sp³-hybridized carbons (Fsp3) is 0.667. The van der Waals surface area contributed by atoms with Gasteiger partial charge in [-0.1, -0.05) is 0 Å². The molecule has 1 aliphatic rings. The summed E-state index contributed by atoms with van der Waals surface area (Å²) in [6.45, 7) is 2.97. The molecule has 1 unspecified atom stereocenters. The van der Waals surface area contributed by atoms with Crippen molar-refractivity contribution in [2.45, 2.75) is 13.0 Å². The smallest absolute Gasteiger partial charge is 0.312 e. The molecule has 0 aromatic carbocycles. The molecule has 2 amide bonds. The molecule has 1 fully saturated rings. The summed E-state index contributed by atoms with van der Waals surface area (Å²) >= 11 is 0. The monoisotopic (exact) mass is 211 g/mol. The lowest BCUT2D eigenvalue weighted by molar-refractivity contribution is -0.150. The van der Waals surface area contributed by atoms with Gasteiger partial charge in [0, 0.05) is 13.1 Å². The molecule has 1 N–H and O–H groups in total. The number of hydrogen-bond acceptors (Lipinski definition) is 4. The number of rotatable bonds is 1. The number of amides is 2. The summed E-state index contributed by atoms with van der Waals surface area (Å²) in [6.07, 6.45) is -0.0496. The van der Waals surface area contributed by atoms with E-state index in [1.54, 1.807) is 6.07 Å². The van der Waals surface area contributed by atoms with Gasteiger partial charge in [-0.05, 0) is 6.92 Å². The van der Waals surface area contributed by atoms with Crippen LogP contribution < -0.4 is 5.32 Å². The zero-order valence-electron chi connectivity index (χ0n) is 8.52. The number of hydrogen-bond donors (Lipinski definition) is 1. The molecule has 6 nitrogen and oxygen atoms in total. The van der Waals surface area contributed by atoms with E-state index in [0.29, 0.717) is 19.7 Å². The van der Waals surface area contributed by atoms with Crippen LogP contribution in [-0.2, 0) is 14.3 Å². The summed E-state index contributed by atoms with van der Waals surface area (Å²) in [5, 5.41) is 10.5. The molecule has 82 valence electrons. The number of morpholine rings is 1. The number of ether oxygens (including phenoxy) is 1. The van der Waals surface area contributed by atoms with E-state index >= 15 is 0 Å². The third-order valence-electron chi connectivity index (χ3n) is 2.05. The zero-order valence-corrected chi connectivity index (χ0v) is 8.52. The topological polar surface area (TPSA) is 82.4 Å². The van der Waals surface area contributed by atoms with Crippen molar-refractivity contribution in [2.75, 3.05) is 26.2 Å². The minimum Gasteiger partial charge on any atom is -0.375 e. The van der Waals surface area contributed by atoms with Gasteiger partial charge in [-0.25, -0.2) is 0 Å². The largest absolute Gasteiger partial charge is 0.375 e. The molecule has 0 aromatic heterocycles. The molecule has 0 spiro atoms. The molecule has 0 radical (unpaired) electrons. The van der Waals surface area contributed by atoms with Crippen molar-refractivity contribution in [3.63, 3.8) is 0 Å². The van der Waals surface area contributed by atoms with E-state index in [1.807, 2.05) is 6.92 Å². The van der Waals surface area contributed by atoms with Gasteiger partial charge in [0.2, 0.25) is 0 Å². The first-order chi connectivity index (χ1) is 7.15. The highest BCUT2D eigenvalue weighted by Gasteiger charge is 2.25. The van der Waals surface area contributed by atoms with Crippen molar-refractivity contribution in [1.29, 1.82) is 5.26 Å². The predicted octanol–water partition coefficient (Wildman–Crippen LogP) is -1.13. The quantitative estimate of drug-likeness (QED) is 0.439. The molecule has 6 heteroatoms. The molecule has 15 heavy (non-hydrogen) atoms. The Labute approximate surface area is 87.8 Å². The summed E-state index contributed by atoms with van der Waals surface area (Å²) in [4.78, 5) is 24.1. The van der Waals surface area contributed by atoms with Crippen molar-refractivity contribution < 1.29 is 14.3 Å². The highest BCUT2D eigenvalue weighted by atomic mass is 16.5. The Bertz CT molecular complexity index is 297. The lowest BCUT2D eigenvalue weighted by Crippen LogP contribution is -2.50. The Kier molecular flexibility index (Phi) is 4.06. The average Bonchev–Trinajstić information content (AvgIpc) is 2.24. The van der Waals surface area contributed by atoms with E-state index in [-0.39, 0.29) is 12.6 Å². The van der Waals surface area contributed by atoms with Crippen LogP contribution in [0.25, 0.3) is 0 Å². The van der Waals surface area contributed by atoms with Gasteiger partial charge >= 0.3 is 11.8 Å². The molecule has 0 bridgehead atoms. The Morgan fingerprint density at radius 1 is 1.67 bits per heavy atom. The molecule has 1 rings (SSSR count). The first kappa shape index (κ1) is 11.5. The Morgan fingerprint density at radius 3 is 3.00 bits per heavy atom. The van der Waals surface area contributed by atoms with Gasteiger partial charge in [0.25, 0.3) is 0 Å². The molecular formula is C9H13N3O3. The second-order valence-electron chi connectivity index (χ2n) is 3.27. The summed E-state index contributed by atoms with van der Waals surface area (Å²) < 4.78 is 5.24. The molecule has 1 atom stereocenters. The second-order valence-corrected chi connectivity index (χ2v) is 3.27.